The summed E-state index contributed by atoms with van der Waals surface area (Å²) >= 11 is 3.51. The standard InChI is InChI=1S/C21H32BrNO3/c1-15(14-25-18-6-7-19(22)16(2)13-18)12-17-8-10-23(11-9-17)20(24)26-21(3,4)5/h6-7,13,15,17H,8-12,14H2,1-5H3/t15-/m0/s1. The molecule has 1 aliphatic rings. The number of aryl methyl sites for hydroxylation is 1. The molecule has 1 saturated heterocycles. The van der Waals surface area contributed by atoms with Crippen molar-refractivity contribution in [1.29, 1.82) is 0 Å². The first-order chi connectivity index (χ1) is 12.1. The summed E-state index contributed by atoms with van der Waals surface area (Å²) in [6, 6.07) is 6.10. The number of carbonyl (C=O) groups is 1. The molecular weight excluding hydrogens is 394 g/mol. The van der Waals surface area contributed by atoms with Gasteiger partial charge in [-0.05, 0) is 82.6 Å². The SMILES string of the molecule is Cc1cc(OC[C@@H](C)CC2CCN(C(=O)OC(C)(C)C)CC2)ccc1Br. The Morgan fingerprint density at radius 3 is 2.54 bits per heavy atom. The van der Waals surface area contributed by atoms with E-state index in [4.69, 9.17) is 9.47 Å². The molecule has 1 amide bonds. The smallest absolute Gasteiger partial charge is 0.410 e. The van der Waals surface area contributed by atoms with Crippen molar-refractivity contribution in [1.82, 2.24) is 4.90 Å². The quantitative estimate of drug-likeness (QED) is 0.597. The summed E-state index contributed by atoms with van der Waals surface area (Å²) in [6.07, 6.45) is 3.04. The van der Waals surface area contributed by atoms with Gasteiger partial charge in [-0.25, -0.2) is 4.79 Å². The van der Waals surface area contributed by atoms with Crippen LogP contribution in [0.4, 0.5) is 4.79 Å². The third-order valence-electron chi connectivity index (χ3n) is 4.67. The number of halogens is 1. The largest absolute Gasteiger partial charge is 0.493 e. The Balaban J connectivity index is 1.71. The van der Waals surface area contributed by atoms with Crippen LogP contribution in [-0.4, -0.2) is 36.3 Å². The maximum atomic E-state index is 12.1. The van der Waals surface area contributed by atoms with E-state index in [1.54, 1.807) is 0 Å². The molecule has 1 aliphatic heterocycles. The zero-order chi connectivity index (χ0) is 19.3. The lowest BCUT2D eigenvalue weighted by Gasteiger charge is -2.34. The van der Waals surface area contributed by atoms with Crippen molar-refractivity contribution in [3.05, 3.63) is 28.2 Å². The molecule has 0 bridgehead atoms. The first kappa shape index (κ1) is 21.1. The second kappa shape index (κ2) is 9.12. The maximum Gasteiger partial charge on any atom is 0.410 e. The molecule has 0 radical (unpaired) electrons. The lowest BCUT2D eigenvalue weighted by Crippen LogP contribution is -2.42. The van der Waals surface area contributed by atoms with Gasteiger partial charge in [0.05, 0.1) is 6.61 Å². The van der Waals surface area contributed by atoms with E-state index in [-0.39, 0.29) is 6.09 Å². The molecule has 1 atom stereocenters. The van der Waals surface area contributed by atoms with Crippen LogP contribution in [0.3, 0.4) is 0 Å². The number of carbonyl (C=O) groups excluding carboxylic acids is 1. The van der Waals surface area contributed by atoms with Gasteiger partial charge in [-0.3, -0.25) is 0 Å². The van der Waals surface area contributed by atoms with E-state index in [0.717, 1.165) is 49.2 Å². The number of ether oxygens (including phenoxy) is 2. The molecule has 0 aliphatic carbocycles. The molecule has 1 fully saturated rings. The van der Waals surface area contributed by atoms with Crippen molar-refractivity contribution in [3.63, 3.8) is 0 Å². The number of nitrogens with zero attached hydrogens (tertiary/aromatic N) is 1. The molecule has 0 spiro atoms. The van der Waals surface area contributed by atoms with Gasteiger partial charge >= 0.3 is 6.09 Å². The molecule has 0 N–H and O–H groups in total. The molecule has 4 nitrogen and oxygen atoms in total. The molecule has 2 rings (SSSR count). The van der Waals surface area contributed by atoms with Gasteiger partial charge < -0.3 is 14.4 Å². The summed E-state index contributed by atoms with van der Waals surface area (Å²) in [4.78, 5) is 14.0. The summed E-state index contributed by atoms with van der Waals surface area (Å²) in [5.74, 6) is 2.08. The number of benzene rings is 1. The van der Waals surface area contributed by atoms with E-state index in [1.807, 2.05) is 37.8 Å². The van der Waals surface area contributed by atoms with Crippen molar-refractivity contribution in [3.8, 4) is 5.75 Å². The zero-order valence-corrected chi connectivity index (χ0v) is 18.3. The summed E-state index contributed by atoms with van der Waals surface area (Å²) in [5, 5.41) is 0. The average Bonchev–Trinajstić information content (AvgIpc) is 2.55. The van der Waals surface area contributed by atoms with Gasteiger partial charge in [-0.2, -0.15) is 0 Å². The fourth-order valence-corrected chi connectivity index (χ4v) is 3.51. The Hall–Kier alpha value is -1.23. The Bertz CT molecular complexity index is 604. The molecule has 5 heteroatoms. The lowest BCUT2D eigenvalue weighted by atomic mass is 9.88. The van der Waals surface area contributed by atoms with Crippen molar-refractivity contribution < 1.29 is 14.3 Å². The van der Waals surface area contributed by atoms with E-state index < -0.39 is 5.60 Å². The number of piperidine rings is 1. The Morgan fingerprint density at radius 1 is 1.31 bits per heavy atom. The summed E-state index contributed by atoms with van der Waals surface area (Å²) in [5.41, 5.74) is 0.759. The summed E-state index contributed by atoms with van der Waals surface area (Å²) in [6.45, 7) is 12.3. The molecule has 1 aromatic carbocycles. The molecule has 0 saturated carbocycles. The molecule has 26 heavy (non-hydrogen) atoms. The first-order valence-corrected chi connectivity index (χ1v) is 10.3. The van der Waals surface area contributed by atoms with E-state index in [1.165, 1.54) is 5.56 Å². The maximum absolute atomic E-state index is 12.1. The molecule has 146 valence electrons. The van der Waals surface area contributed by atoms with Crippen LogP contribution in [0.2, 0.25) is 0 Å². The highest BCUT2D eigenvalue weighted by molar-refractivity contribution is 9.10. The third-order valence-corrected chi connectivity index (χ3v) is 5.56. The van der Waals surface area contributed by atoms with Crippen molar-refractivity contribution in [2.24, 2.45) is 11.8 Å². The van der Waals surface area contributed by atoms with Crippen LogP contribution in [0.1, 0.15) is 52.5 Å². The van der Waals surface area contributed by atoms with Gasteiger partial charge in [-0.1, -0.05) is 22.9 Å². The Kier molecular flexibility index (Phi) is 7.39. The second-order valence-corrected chi connectivity index (χ2v) is 9.33. The molecule has 0 unspecified atom stereocenters. The Morgan fingerprint density at radius 2 is 1.96 bits per heavy atom. The van der Waals surface area contributed by atoms with Crippen LogP contribution in [0.25, 0.3) is 0 Å². The minimum Gasteiger partial charge on any atom is -0.493 e. The van der Waals surface area contributed by atoms with Crippen LogP contribution in [0.15, 0.2) is 22.7 Å². The number of hydrogen-bond acceptors (Lipinski definition) is 3. The predicted octanol–water partition coefficient (Wildman–Crippen LogP) is 5.81. The number of amides is 1. The first-order valence-electron chi connectivity index (χ1n) is 9.51. The lowest BCUT2D eigenvalue weighted by molar-refractivity contribution is 0.0173. The topological polar surface area (TPSA) is 38.8 Å². The van der Waals surface area contributed by atoms with Crippen LogP contribution in [0, 0.1) is 18.8 Å². The average molecular weight is 426 g/mol. The predicted molar refractivity (Wildman–Crippen MR) is 109 cm³/mol. The van der Waals surface area contributed by atoms with Gasteiger partial charge in [0.15, 0.2) is 0 Å². The van der Waals surface area contributed by atoms with Crippen LogP contribution in [0.5, 0.6) is 5.75 Å². The monoisotopic (exact) mass is 425 g/mol. The summed E-state index contributed by atoms with van der Waals surface area (Å²) < 4.78 is 12.5. The van der Waals surface area contributed by atoms with Crippen molar-refractivity contribution in [2.45, 2.75) is 59.5 Å². The Labute approximate surface area is 166 Å². The zero-order valence-electron chi connectivity index (χ0n) is 16.7. The van der Waals surface area contributed by atoms with Gasteiger partial charge in [-0.15, -0.1) is 0 Å². The normalized spacial score (nSPS) is 17.1. The molecule has 1 heterocycles. The highest BCUT2D eigenvalue weighted by atomic mass is 79.9. The van der Waals surface area contributed by atoms with Gasteiger partial charge in [0.1, 0.15) is 11.4 Å². The van der Waals surface area contributed by atoms with E-state index >= 15 is 0 Å². The number of hydrogen-bond donors (Lipinski definition) is 0. The fourth-order valence-electron chi connectivity index (χ4n) is 3.26. The fraction of sp³-hybridized carbons (Fsp3) is 0.667. The second-order valence-electron chi connectivity index (χ2n) is 8.47. The highest BCUT2D eigenvalue weighted by Crippen LogP contribution is 2.27. The number of rotatable bonds is 5. The highest BCUT2D eigenvalue weighted by Gasteiger charge is 2.27. The van der Waals surface area contributed by atoms with E-state index in [9.17, 15) is 4.79 Å². The van der Waals surface area contributed by atoms with E-state index in [2.05, 4.69) is 35.8 Å². The third kappa shape index (κ3) is 6.82. The van der Waals surface area contributed by atoms with Crippen LogP contribution < -0.4 is 4.74 Å². The molecular formula is C21H32BrNO3. The van der Waals surface area contributed by atoms with E-state index in [0.29, 0.717) is 11.8 Å². The van der Waals surface area contributed by atoms with Gasteiger partial charge in [0.2, 0.25) is 0 Å². The minimum atomic E-state index is -0.425. The van der Waals surface area contributed by atoms with Gasteiger partial charge in [0, 0.05) is 17.6 Å². The van der Waals surface area contributed by atoms with Crippen LogP contribution >= 0.6 is 15.9 Å². The number of likely N-dealkylation sites (tertiary alicyclic amines) is 1. The summed E-state index contributed by atoms with van der Waals surface area (Å²) in [7, 11) is 0. The minimum absolute atomic E-state index is 0.182. The molecule has 1 aromatic rings. The molecule has 0 aromatic heterocycles. The van der Waals surface area contributed by atoms with Crippen molar-refractivity contribution >= 4 is 22.0 Å². The van der Waals surface area contributed by atoms with Gasteiger partial charge in [0.25, 0.3) is 0 Å². The van der Waals surface area contributed by atoms with Crippen molar-refractivity contribution in [2.75, 3.05) is 19.7 Å². The van der Waals surface area contributed by atoms with Crippen LogP contribution in [-0.2, 0) is 4.74 Å².